The third-order valence-corrected chi connectivity index (χ3v) is 3.97. The van der Waals surface area contributed by atoms with Crippen LogP contribution in [0.5, 0.6) is 0 Å². The molecule has 0 saturated heterocycles. The lowest BCUT2D eigenvalue weighted by Gasteiger charge is -2.12. The van der Waals surface area contributed by atoms with Crippen molar-refractivity contribution in [3.05, 3.63) is 35.4 Å². The van der Waals surface area contributed by atoms with Crippen LogP contribution in [0.4, 0.5) is 0 Å². The highest BCUT2D eigenvalue weighted by atomic mass is 127. The summed E-state index contributed by atoms with van der Waals surface area (Å²) in [5.41, 5.74) is 6.83. The van der Waals surface area contributed by atoms with E-state index in [1.807, 2.05) is 12.1 Å². The molecule has 0 heterocycles. The Morgan fingerprint density at radius 2 is 1.76 bits per heavy atom. The molecule has 0 saturated carbocycles. The van der Waals surface area contributed by atoms with Crippen LogP contribution in [-0.2, 0) is 6.54 Å². The normalized spacial score (nSPS) is 10.9. The number of unbranched alkanes of at least 4 members (excludes halogenated alkanes) is 6. The molecule has 1 rings (SSSR count). The first-order valence-corrected chi connectivity index (χ1v) is 9.00. The number of hydrogen-bond acceptors (Lipinski definition) is 2. The predicted octanol–water partition coefficient (Wildman–Crippen LogP) is 3.82. The zero-order valence-electron chi connectivity index (χ0n) is 15.5. The van der Waals surface area contributed by atoms with Gasteiger partial charge in [0.1, 0.15) is 0 Å². The van der Waals surface area contributed by atoms with Crippen molar-refractivity contribution in [1.82, 2.24) is 10.6 Å². The molecule has 1 aromatic carbocycles. The van der Waals surface area contributed by atoms with Gasteiger partial charge in [-0.2, -0.15) is 0 Å². The van der Waals surface area contributed by atoms with Crippen LogP contribution in [0.25, 0.3) is 0 Å². The molecule has 0 fully saturated rings. The molecule has 1 amide bonds. The first-order valence-electron chi connectivity index (χ1n) is 9.00. The minimum absolute atomic E-state index is 0. The second kappa shape index (κ2) is 15.0. The molecule has 0 spiro atoms. The number of amides is 1. The summed E-state index contributed by atoms with van der Waals surface area (Å²) in [6.07, 6.45) is 9.08. The average molecular weight is 460 g/mol. The number of benzene rings is 1. The van der Waals surface area contributed by atoms with E-state index in [2.05, 4.69) is 22.5 Å². The van der Waals surface area contributed by atoms with Gasteiger partial charge < -0.3 is 16.4 Å². The number of nitrogens with two attached hydrogens (primary N) is 1. The number of carbonyl (C=O) groups excluding carboxylic acids is 1. The maximum absolute atomic E-state index is 11.2. The Labute approximate surface area is 169 Å². The SMILES string of the molecule is CCCCCCCCCNC(=NC)NCc1cccc(C(N)=O)c1.I. The minimum atomic E-state index is -0.404. The van der Waals surface area contributed by atoms with Crippen LogP contribution in [0, 0.1) is 0 Å². The summed E-state index contributed by atoms with van der Waals surface area (Å²) < 4.78 is 0. The number of guanidine groups is 1. The molecule has 0 atom stereocenters. The third-order valence-electron chi connectivity index (χ3n) is 3.97. The van der Waals surface area contributed by atoms with Crippen molar-refractivity contribution in [3.8, 4) is 0 Å². The lowest BCUT2D eigenvalue weighted by molar-refractivity contribution is 0.1000. The predicted molar refractivity (Wildman–Crippen MR) is 117 cm³/mol. The minimum Gasteiger partial charge on any atom is -0.366 e. The van der Waals surface area contributed by atoms with E-state index in [-0.39, 0.29) is 24.0 Å². The molecule has 0 unspecified atom stereocenters. The van der Waals surface area contributed by atoms with E-state index >= 15 is 0 Å². The average Bonchev–Trinajstić information content (AvgIpc) is 2.60. The van der Waals surface area contributed by atoms with Gasteiger partial charge in [-0.1, -0.05) is 57.6 Å². The van der Waals surface area contributed by atoms with E-state index in [0.717, 1.165) is 24.5 Å². The molecule has 25 heavy (non-hydrogen) atoms. The van der Waals surface area contributed by atoms with Crippen LogP contribution in [-0.4, -0.2) is 25.5 Å². The van der Waals surface area contributed by atoms with Crippen LogP contribution in [0.2, 0.25) is 0 Å². The second-order valence-corrected chi connectivity index (χ2v) is 6.04. The van der Waals surface area contributed by atoms with Gasteiger partial charge in [-0.25, -0.2) is 0 Å². The van der Waals surface area contributed by atoms with Gasteiger partial charge in [0, 0.05) is 25.7 Å². The Hall–Kier alpha value is -1.31. The zero-order valence-corrected chi connectivity index (χ0v) is 17.8. The molecule has 1 aromatic rings. The molecule has 0 radical (unpaired) electrons. The lowest BCUT2D eigenvalue weighted by atomic mass is 10.1. The van der Waals surface area contributed by atoms with Crippen LogP contribution >= 0.6 is 24.0 Å². The van der Waals surface area contributed by atoms with Crippen LogP contribution in [0.1, 0.15) is 67.8 Å². The summed E-state index contributed by atoms with van der Waals surface area (Å²) in [5, 5.41) is 6.58. The maximum Gasteiger partial charge on any atom is 0.248 e. The summed E-state index contributed by atoms with van der Waals surface area (Å²) in [6, 6.07) is 7.33. The molecule has 5 nitrogen and oxygen atoms in total. The fraction of sp³-hybridized carbons (Fsp3) is 0.579. The Balaban J connectivity index is 0.00000576. The topological polar surface area (TPSA) is 79.5 Å². The number of rotatable bonds is 11. The molecule has 0 aliphatic heterocycles. The van der Waals surface area contributed by atoms with Crippen molar-refractivity contribution >= 4 is 35.8 Å². The molecule has 0 aliphatic rings. The molecule has 0 bridgehead atoms. The highest BCUT2D eigenvalue weighted by molar-refractivity contribution is 14.0. The summed E-state index contributed by atoms with van der Waals surface area (Å²) >= 11 is 0. The van der Waals surface area contributed by atoms with Gasteiger partial charge >= 0.3 is 0 Å². The Bertz CT molecular complexity index is 520. The number of carbonyl (C=O) groups is 1. The van der Waals surface area contributed by atoms with E-state index in [0.29, 0.717) is 12.1 Å². The molecular weight excluding hydrogens is 427 g/mol. The van der Waals surface area contributed by atoms with E-state index in [1.165, 1.54) is 38.5 Å². The van der Waals surface area contributed by atoms with E-state index < -0.39 is 5.91 Å². The van der Waals surface area contributed by atoms with Gasteiger partial charge in [-0.05, 0) is 24.1 Å². The molecule has 0 aliphatic carbocycles. The first-order chi connectivity index (χ1) is 11.7. The first kappa shape index (κ1) is 23.7. The van der Waals surface area contributed by atoms with Crippen molar-refractivity contribution in [2.24, 2.45) is 10.7 Å². The highest BCUT2D eigenvalue weighted by Crippen LogP contribution is 2.06. The van der Waals surface area contributed by atoms with Crippen molar-refractivity contribution in [1.29, 1.82) is 0 Å². The summed E-state index contributed by atoms with van der Waals surface area (Å²) in [4.78, 5) is 15.4. The monoisotopic (exact) mass is 460 g/mol. The van der Waals surface area contributed by atoms with E-state index in [1.54, 1.807) is 19.2 Å². The Kier molecular flexibility index (Phi) is 14.2. The van der Waals surface area contributed by atoms with Crippen molar-refractivity contribution < 1.29 is 4.79 Å². The summed E-state index contributed by atoms with van der Waals surface area (Å²) in [7, 11) is 1.76. The molecule has 142 valence electrons. The molecule has 6 heteroatoms. The number of primary amides is 1. The summed E-state index contributed by atoms with van der Waals surface area (Å²) in [5.74, 6) is 0.378. The van der Waals surface area contributed by atoms with Gasteiger partial charge in [0.25, 0.3) is 0 Å². The van der Waals surface area contributed by atoms with E-state index in [4.69, 9.17) is 5.73 Å². The number of nitrogens with one attached hydrogen (secondary N) is 2. The maximum atomic E-state index is 11.2. The van der Waals surface area contributed by atoms with Gasteiger partial charge in [0.05, 0.1) is 0 Å². The van der Waals surface area contributed by atoms with Crippen LogP contribution in [0.15, 0.2) is 29.3 Å². The number of halogens is 1. The largest absolute Gasteiger partial charge is 0.366 e. The second-order valence-electron chi connectivity index (χ2n) is 6.04. The quantitative estimate of drug-likeness (QED) is 0.203. The number of hydrogen-bond donors (Lipinski definition) is 3. The standard InChI is InChI=1S/C19H32N4O.HI/c1-3-4-5-6-7-8-9-13-22-19(21-2)23-15-16-11-10-12-17(14-16)18(20)24;/h10-12,14H,3-9,13,15H2,1-2H3,(H2,20,24)(H2,21,22,23);1H. The molecule has 4 N–H and O–H groups in total. The van der Waals surface area contributed by atoms with E-state index in [9.17, 15) is 4.79 Å². The van der Waals surface area contributed by atoms with Gasteiger partial charge in [-0.15, -0.1) is 24.0 Å². The van der Waals surface area contributed by atoms with Crippen molar-refractivity contribution in [2.45, 2.75) is 58.4 Å². The number of nitrogens with zero attached hydrogens (tertiary/aromatic N) is 1. The van der Waals surface area contributed by atoms with Gasteiger partial charge in [-0.3, -0.25) is 9.79 Å². The highest BCUT2D eigenvalue weighted by Gasteiger charge is 2.02. The van der Waals surface area contributed by atoms with Gasteiger partial charge in [0.15, 0.2) is 5.96 Å². The molecular formula is C19H33IN4O. The zero-order chi connectivity index (χ0) is 17.6. The van der Waals surface area contributed by atoms with Crippen LogP contribution < -0.4 is 16.4 Å². The van der Waals surface area contributed by atoms with Crippen LogP contribution in [0.3, 0.4) is 0 Å². The van der Waals surface area contributed by atoms with Crippen molar-refractivity contribution in [2.75, 3.05) is 13.6 Å². The smallest absolute Gasteiger partial charge is 0.248 e. The lowest BCUT2D eigenvalue weighted by Crippen LogP contribution is -2.37. The summed E-state index contributed by atoms with van der Waals surface area (Å²) in [6.45, 7) is 3.78. The Morgan fingerprint density at radius 3 is 2.40 bits per heavy atom. The Morgan fingerprint density at radius 1 is 1.08 bits per heavy atom. The third kappa shape index (κ3) is 11.0. The van der Waals surface area contributed by atoms with Crippen molar-refractivity contribution in [3.63, 3.8) is 0 Å². The fourth-order valence-corrected chi connectivity index (χ4v) is 2.53. The van der Waals surface area contributed by atoms with Gasteiger partial charge in [0.2, 0.25) is 5.91 Å². The fourth-order valence-electron chi connectivity index (χ4n) is 2.53. The molecule has 0 aromatic heterocycles. The number of aliphatic imine (C=N–C) groups is 1.